The van der Waals surface area contributed by atoms with Crippen LogP contribution in [0.3, 0.4) is 0 Å². The van der Waals surface area contributed by atoms with Crippen LogP contribution in [0.5, 0.6) is 0 Å². The molecule has 4 rings (SSSR count). The molecule has 2 saturated carbocycles. The largest absolute Gasteiger partial charge is 0.382 e. The second-order valence-corrected chi connectivity index (χ2v) is 11.0. The van der Waals surface area contributed by atoms with Gasteiger partial charge in [0.15, 0.2) is 11.6 Å². The molecule has 0 aromatic rings. The number of hydrogen-bond acceptors (Lipinski definition) is 4. The highest BCUT2D eigenvalue weighted by molar-refractivity contribution is 6.23. The van der Waals surface area contributed by atoms with E-state index in [1.165, 1.54) is 64.2 Å². The van der Waals surface area contributed by atoms with Crippen LogP contribution in [0.2, 0.25) is 0 Å². The van der Waals surface area contributed by atoms with Gasteiger partial charge in [0, 0.05) is 23.5 Å². The lowest BCUT2D eigenvalue weighted by molar-refractivity contribution is -0.114. The predicted octanol–water partition coefficient (Wildman–Crippen LogP) is 6.45. The van der Waals surface area contributed by atoms with Crippen molar-refractivity contribution in [1.29, 1.82) is 0 Å². The van der Waals surface area contributed by atoms with Crippen LogP contribution in [-0.2, 0) is 9.59 Å². The lowest BCUT2D eigenvalue weighted by Gasteiger charge is -2.33. The number of hydrogen-bond donors (Lipinski definition) is 2. The van der Waals surface area contributed by atoms with E-state index < -0.39 is 0 Å². The summed E-state index contributed by atoms with van der Waals surface area (Å²) in [6, 6.07) is 0.765. The van der Waals surface area contributed by atoms with Crippen LogP contribution >= 0.6 is 0 Å². The molecule has 34 heavy (non-hydrogen) atoms. The van der Waals surface area contributed by atoms with E-state index in [1.54, 1.807) is 12.2 Å². The standard InChI is InChI=1S/C30H44N2O2/c1-3-5-7-21-9-13-23(14-10-21)31-25-17-19-28(34)30-26(18-20-27(33)29(25)30)32-24-15-11-22(12-16-24)8-6-4-2/h17-24,31-32H,3-16H2,1-2H3/t21-,22-,23-,24-. The first-order valence-electron chi connectivity index (χ1n) is 14.1. The summed E-state index contributed by atoms with van der Waals surface area (Å²) < 4.78 is 0. The van der Waals surface area contributed by atoms with Crippen molar-refractivity contribution in [1.82, 2.24) is 10.6 Å². The molecule has 4 aliphatic carbocycles. The van der Waals surface area contributed by atoms with Crippen LogP contribution in [0, 0.1) is 11.8 Å². The van der Waals surface area contributed by atoms with E-state index in [9.17, 15) is 9.59 Å². The Morgan fingerprint density at radius 3 is 1.35 bits per heavy atom. The molecule has 186 valence electrons. The first kappa shape index (κ1) is 25.0. The Bertz CT molecular complexity index is 790. The Labute approximate surface area is 206 Å². The van der Waals surface area contributed by atoms with Gasteiger partial charge in [-0.05, 0) is 87.5 Å². The van der Waals surface area contributed by atoms with Crippen LogP contribution in [0.1, 0.15) is 104 Å². The average molecular weight is 465 g/mol. The normalized spacial score (nSPS) is 29.5. The molecule has 0 unspecified atom stereocenters. The number of carbonyl (C=O) groups excluding carboxylic acids is 2. The second-order valence-electron chi connectivity index (χ2n) is 11.0. The van der Waals surface area contributed by atoms with Crippen molar-refractivity contribution in [2.45, 2.75) is 116 Å². The summed E-state index contributed by atoms with van der Waals surface area (Å²) in [5.74, 6) is 1.59. The van der Waals surface area contributed by atoms with E-state index in [0.29, 0.717) is 23.2 Å². The number of carbonyl (C=O) groups is 2. The van der Waals surface area contributed by atoms with Crippen molar-refractivity contribution in [3.63, 3.8) is 0 Å². The fourth-order valence-electron chi connectivity index (χ4n) is 6.29. The van der Waals surface area contributed by atoms with Gasteiger partial charge in [-0.1, -0.05) is 52.4 Å². The number of ketones is 2. The summed E-state index contributed by atoms with van der Waals surface area (Å²) in [4.78, 5) is 25.9. The van der Waals surface area contributed by atoms with Crippen LogP contribution < -0.4 is 10.6 Å². The van der Waals surface area contributed by atoms with Gasteiger partial charge in [0.2, 0.25) is 0 Å². The van der Waals surface area contributed by atoms with Crippen molar-refractivity contribution in [3.8, 4) is 0 Å². The Hall–Kier alpha value is -2.10. The lowest BCUT2D eigenvalue weighted by Crippen LogP contribution is -2.37. The zero-order valence-corrected chi connectivity index (χ0v) is 21.3. The van der Waals surface area contributed by atoms with Crippen LogP contribution in [0.4, 0.5) is 0 Å². The van der Waals surface area contributed by atoms with Gasteiger partial charge in [-0.3, -0.25) is 9.59 Å². The van der Waals surface area contributed by atoms with E-state index in [-0.39, 0.29) is 11.6 Å². The summed E-state index contributed by atoms with van der Waals surface area (Å²) in [5, 5.41) is 7.32. The Balaban J connectivity index is 1.43. The summed E-state index contributed by atoms with van der Waals surface area (Å²) >= 11 is 0. The van der Waals surface area contributed by atoms with E-state index in [0.717, 1.165) is 48.9 Å². The topological polar surface area (TPSA) is 58.2 Å². The minimum atomic E-state index is -0.0549. The first-order chi connectivity index (χ1) is 16.6. The highest BCUT2D eigenvalue weighted by Gasteiger charge is 2.32. The molecule has 2 N–H and O–H groups in total. The monoisotopic (exact) mass is 464 g/mol. The van der Waals surface area contributed by atoms with Crippen molar-refractivity contribution < 1.29 is 9.59 Å². The zero-order chi connectivity index (χ0) is 23.9. The van der Waals surface area contributed by atoms with Gasteiger partial charge < -0.3 is 10.6 Å². The number of allylic oxidation sites excluding steroid dienone is 6. The molecular formula is C30H44N2O2. The second kappa shape index (κ2) is 12.0. The smallest absolute Gasteiger partial charge is 0.188 e. The number of nitrogens with one attached hydrogen (secondary N) is 2. The van der Waals surface area contributed by atoms with Crippen molar-refractivity contribution in [2.75, 3.05) is 0 Å². The third-order valence-corrected chi connectivity index (χ3v) is 8.43. The highest BCUT2D eigenvalue weighted by atomic mass is 16.1. The van der Waals surface area contributed by atoms with Crippen molar-refractivity contribution in [2.24, 2.45) is 11.8 Å². The van der Waals surface area contributed by atoms with Crippen LogP contribution in [-0.4, -0.2) is 23.7 Å². The SMILES string of the molecule is CCCC[C@H]1CC[C@H](NC2=C3C(=O)C=CC(N[C@H]4CC[C@H](CCCC)CC4)=C3C(=O)C=C2)CC1. The molecule has 4 nitrogen and oxygen atoms in total. The van der Waals surface area contributed by atoms with Crippen molar-refractivity contribution >= 4 is 11.6 Å². The molecule has 0 aromatic heterocycles. The van der Waals surface area contributed by atoms with Crippen LogP contribution in [0.25, 0.3) is 0 Å². The molecule has 4 heteroatoms. The van der Waals surface area contributed by atoms with E-state index in [1.807, 2.05) is 12.2 Å². The first-order valence-corrected chi connectivity index (χ1v) is 14.1. The number of fused-ring (bicyclic) bond motifs is 1. The maximum atomic E-state index is 12.9. The summed E-state index contributed by atoms with van der Waals surface area (Å²) in [5.41, 5.74) is 2.82. The molecule has 2 fully saturated rings. The molecule has 0 atom stereocenters. The van der Waals surface area contributed by atoms with Gasteiger partial charge in [0.1, 0.15) is 0 Å². The highest BCUT2D eigenvalue weighted by Crippen LogP contribution is 2.34. The molecule has 0 radical (unpaired) electrons. The quantitative estimate of drug-likeness (QED) is 0.390. The Kier molecular flexibility index (Phi) is 8.86. The maximum Gasteiger partial charge on any atom is 0.188 e. The lowest BCUT2D eigenvalue weighted by atomic mass is 9.81. The Morgan fingerprint density at radius 1 is 0.618 bits per heavy atom. The van der Waals surface area contributed by atoms with Crippen LogP contribution in [0.15, 0.2) is 46.8 Å². The number of unbranched alkanes of at least 4 members (excludes halogenated alkanes) is 2. The maximum absolute atomic E-state index is 12.9. The average Bonchev–Trinajstić information content (AvgIpc) is 2.86. The van der Waals surface area contributed by atoms with E-state index in [2.05, 4.69) is 24.5 Å². The number of rotatable bonds is 10. The zero-order valence-electron chi connectivity index (χ0n) is 21.3. The molecular weight excluding hydrogens is 420 g/mol. The molecule has 4 aliphatic rings. The molecule has 0 heterocycles. The van der Waals surface area contributed by atoms with Gasteiger partial charge in [0.25, 0.3) is 0 Å². The third-order valence-electron chi connectivity index (χ3n) is 8.43. The van der Waals surface area contributed by atoms with Gasteiger partial charge in [-0.15, -0.1) is 0 Å². The van der Waals surface area contributed by atoms with Gasteiger partial charge in [-0.2, -0.15) is 0 Å². The summed E-state index contributed by atoms with van der Waals surface area (Å²) in [7, 11) is 0. The summed E-state index contributed by atoms with van der Waals surface area (Å²) in [6.45, 7) is 4.53. The minimum Gasteiger partial charge on any atom is -0.382 e. The molecule has 0 amide bonds. The molecule has 0 aromatic carbocycles. The fraction of sp³-hybridized carbons (Fsp3) is 0.667. The van der Waals surface area contributed by atoms with Gasteiger partial charge >= 0.3 is 0 Å². The van der Waals surface area contributed by atoms with E-state index >= 15 is 0 Å². The fourth-order valence-corrected chi connectivity index (χ4v) is 6.29. The molecule has 0 spiro atoms. The van der Waals surface area contributed by atoms with Gasteiger partial charge in [0.05, 0.1) is 11.1 Å². The van der Waals surface area contributed by atoms with E-state index in [4.69, 9.17) is 0 Å². The molecule has 0 aliphatic heterocycles. The van der Waals surface area contributed by atoms with Gasteiger partial charge in [-0.25, -0.2) is 0 Å². The van der Waals surface area contributed by atoms with Crippen molar-refractivity contribution in [3.05, 3.63) is 46.8 Å². The summed E-state index contributed by atoms with van der Waals surface area (Å²) in [6.07, 6.45) is 24.4. The minimum absolute atomic E-state index is 0.0549. The molecule has 0 bridgehead atoms. The Morgan fingerprint density at radius 2 is 1.00 bits per heavy atom. The third kappa shape index (κ3) is 6.12. The molecule has 0 saturated heterocycles. The predicted molar refractivity (Wildman–Crippen MR) is 139 cm³/mol.